The Morgan fingerprint density at radius 3 is 2.53 bits per heavy atom. The van der Waals surface area contributed by atoms with Gasteiger partial charge in [-0.15, -0.1) is 0 Å². The molecule has 0 radical (unpaired) electrons. The van der Waals surface area contributed by atoms with Crippen LogP contribution in [0.3, 0.4) is 0 Å². The van der Waals surface area contributed by atoms with Gasteiger partial charge >= 0.3 is 5.97 Å². The molecule has 0 aliphatic carbocycles. The van der Waals surface area contributed by atoms with E-state index in [0.29, 0.717) is 12.2 Å². The number of nitriles is 1. The fraction of sp³-hybridized carbons (Fsp3) is 0.375. The molecule has 0 N–H and O–H groups in total. The van der Waals surface area contributed by atoms with E-state index in [1.165, 1.54) is 6.08 Å². The first-order valence-corrected chi connectivity index (χ1v) is 9.76. The van der Waals surface area contributed by atoms with Crippen molar-refractivity contribution in [3.8, 4) is 6.07 Å². The van der Waals surface area contributed by atoms with Gasteiger partial charge < -0.3 is 14.0 Å². The van der Waals surface area contributed by atoms with E-state index in [1.54, 1.807) is 13.2 Å². The number of carbonyl (C=O) groups excluding carboxylic acids is 2. The summed E-state index contributed by atoms with van der Waals surface area (Å²) in [6.07, 6.45) is 1.50. The van der Waals surface area contributed by atoms with Gasteiger partial charge in [-0.25, -0.2) is 4.79 Å². The number of benzene rings is 1. The summed E-state index contributed by atoms with van der Waals surface area (Å²) in [5, 5.41) is 9.45. The molecule has 1 aromatic heterocycles. The Bertz CT molecular complexity index is 1020. The molecule has 0 aliphatic rings. The Morgan fingerprint density at radius 2 is 1.90 bits per heavy atom. The molecule has 158 valence electrons. The predicted molar refractivity (Wildman–Crippen MR) is 115 cm³/mol. The van der Waals surface area contributed by atoms with Crippen LogP contribution >= 0.6 is 0 Å². The Hall–Kier alpha value is -3.17. The van der Waals surface area contributed by atoms with Gasteiger partial charge in [0.05, 0.1) is 12.6 Å². The van der Waals surface area contributed by atoms with Gasteiger partial charge in [0.15, 0.2) is 6.61 Å². The monoisotopic (exact) mass is 408 g/mol. The molecule has 2 rings (SSSR count). The number of aromatic nitrogens is 1. The van der Waals surface area contributed by atoms with Gasteiger partial charge in [0.25, 0.3) is 0 Å². The van der Waals surface area contributed by atoms with Gasteiger partial charge in [-0.05, 0) is 64.0 Å². The van der Waals surface area contributed by atoms with E-state index in [1.807, 2.05) is 58.9 Å². The maximum atomic E-state index is 12.4. The summed E-state index contributed by atoms with van der Waals surface area (Å²) >= 11 is 0. The second kappa shape index (κ2) is 10.0. The molecule has 2 aromatic rings. The number of ketones is 1. The fourth-order valence-electron chi connectivity index (χ4n) is 3.56. The smallest absolute Gasteiger partial charge is 0.349 e. The quantitative estimate of drug-likeness (QED) is 0.282. The minimum atomic E-state index is -0.814. The van der Waals surface area contributed by atoms with Crippen LogP contribution in [0.25, 0.3) is 6.08 Å². The zero-order valence-electron chi connectivity index (χ0n) is 18.4. The highest BCUT2D eigenvalue weighted by Gasteiger charge is 2.18. The zero-order valence-corrected chi connectivity index (χ0v) is 18.4. The summed E-state index contributed by atoms with van der Waals surface area (Å²) in [6.45, 7) is 9.78. The topological polar surface area (TPSA) is 81.3 Å². The fourth-order valence-corrected chi connectivity index (χ4v) is 3.56. The van der Waals surface area contributed by atoms with Gasteiger partial charge in [-0.1, -0.05) is 17.7 Å². The zero-order chi connectivity index (χ0) is 22.4. The number of ether oxygens (including phenoxy) is 2. The number of aryl methyl sites for hydroxylation is 3. The third-order valence-corrected chi connectivity index (χ3v) is 5.04. The van der Waals surface area contributed by atoms with Crippen molar-refractivity contribution in [3.63, 3.8) is 0 Å². The lowest BCUT2D eigenvalue weighted by Crippen LogP contribution is -2.16. The van der Waals surface area contributed by atoms with Gasteiger partial charge in [0.2, 0.25) is 5.78 Å². The molecule has 0 saturated carbocycles. The maximum Gasteiger partial charge on any atom is 0.349 e. The van der Waals surface area contributed by atoms with E-state index >= 15 is 0 Å². The number of hydrogen-bond acceptors (Lipinski definition) is 5. The highest BCUT2D eigenvalue weighted by atomic mass is 16.5. The van der Waals surface area contributed by atoms with Crippen molar-refractivity contribution in [1.29, 1.82) is 5.26 Å². The van der Waals surface area contributed by atoms with Crippen LogP contribution < -0.4 is 0 Å². The standard InChI is InChI=1S/C24H28N2O4/c1-15-7-8-16(2)22(9-15)23(27)14-30-24(28)21(12-25)11-20-10-17(3)26(19(20)5)18(4)13-29-6/h7-11,18H,13-14H2,1-6H3/b21-11+/t18-/m1/s1. The Labute approximate surface area is 177 Å². The molecule has 0 bridgehead atoms. The highest BCUT2D eigenvalue weighted by molar-refractivity contribution is 6.02. The van der Waals surface area contributed by atoms with Crippen molar-refractivity contribution >= 4 is 17.8 Å². The average molecular weight is 408 g/mol. The third-order valence-electron chi connectivity index (χ3n) is 5.04. The highest BCUT2D eigenvalue weighted by Crippen LogP contribution is 2.23. The van der Waals surface area contributed by atoms with Gasteiger partial charge in [-0.2, -0.15) is 5.26 Å². The SMILES string of the molecule is COC[C@@H](C)n1c(C)cc(/C=C(\C#N)C(=O)OCC(=O)c2cc(C)ccc2C)c1C. The summed E-state index contributed by atoms with van der Waals surface area (Å²) in [7, 11) is 1.65. The third kappa shape index (κ3) is 5.25. The van der Waals surface area contributed by atoms with Crippen molar-refractivity contribution in [2.24, 2.45) is 0 Å². The van der Waals surface area contributed by atoms with Gasteiger partial charge in [0.1, 0.15) is 11.6 Å². The van der Waals surface area contributed by atoms with E-state index in [-0.39, 0.29) is 17.4 Å². The van der Waals surface area contributed by atoms with E-state index in [2.05, 4.69) is 4.57 Å². The molecule has 0 amide bonds. The van der Waals surface area contributed by atoms with Gasteiger partial charge in [0, 0.05) is 24.1 Å². The van der Waals surface area contributed by atoms with Crippen LogP contribution in [-0.4, -0.2) is 36.6 Å². The summed E-state index contributed by atoms with van der Waals surface area (Å²) in [4.78, 5) is 24.8. The Morgan fingerprint density at radius 1 is 1.20 bits per heavy atom. The molecule has 1 heterocycles. The number of esters is 1. The van der Waals surface area contributed by atoms with Crippen molar-refractivity contribution < 1.29 is 19.1 Å². The van der Waals surface area contributed by atoms with E-state index < -0.39 is 12.6 Å². The largest absolute Gasteiger partial charge is 0.453 e. The second-order valence-electron chi connectivity index (χ2n) is 7.49. The first-order valence-electron chi connectivity index (χ1n) is 9.76. The number of rotatable bonds is 8. The first kappa shape index (κ1) is 23.1. The molecule has 0 aliphatic heterocycles. The maximum absolute atomic E-state index is 12.4. The van der Waals surface area contributed by atoms with Crippen LogP contribution in [0.15, 0.2) is 29.8 Å². The van der Waals surface area contributed by atoms with E-state index in [4.69, 9.17) is 9.47 Å². The van der Waals surface area contributed by atoms with Crippen LogP contribution in [0.2, 0.25) is 0 Å². The van der Waals surface area contributed by atoms with Gasteiger partial charge in [-0.3, -0.25) is 4.79 Å². The lowest BCUT2D eigenvalue weighted by molar-refractivity contribution is -0.137. The lowest BCUT2D eigenvalue weighted by atomic mass is 10.0. The molecular formula is C24H28N2O4. The molecule has 6 nitrogen and oxygen atoms in total. The van der Waals surface area contributed by atoms with Crippen LogP contribution in [-0.2, 0) is 14.3 Å². The van der Waals surface area contributed by atoms with Crippen LogP contribution in [0.4, 0.5) is 0 Å². The van der Waals surface area contributed by atoms with E-state index in [9.17, 15) is 14.9 Å². The number of hydrogen-bond donors (Lipinski definition) is 0. The number of Topliss-reactive ketones (excluding diaryl/α,β-unsaturated/α-hetero) is 1. The molecule has 0 saturated heterocycles. The number of methoxy groups -OCH3 is 1. The first-order chi connectivity index (χ1) is 14.2. The predicted octanol–water partition coefficient (Wildman–Crippen LogP) is 4.26. The Balaban J connectivity index is 2.18. The Kier molecular flexibility index (Phi) is 7.73. The second-order valence-corrected chi connectivity index (χ2v) is 7.49. The molecule has 0 spiro atoms. The summed E-state index contributed by atoms with van der Waals surface area (Å²) < 4.78 is 12.5. The van der Waals surface area contributed by atoms with Crippen LogP contribution in [0.5, 0.6) is 0 Å². The molecule has 1 atom stereocenters. The normalized spacial score (nSPS) is 12.4. The molecule has 0 unspecified atom stereocenters. The minimum absolute atomic E-state index is 0.116. The average Bonchev–Trinajstić information content (AvgIpc) is 2.98. The molecule has 0 fully saturated rings. The lowest BCUT2D eigenvalue weighted by Gasteiger charge is -2.17. The van der Waals surface area contributed by atoms with Crippen LogP contribution in [0, 0.1) is 39.0 Å². The summed E-state index contributed by atoms with van der Waals surface area (Å²) in [5.41, 5.74) is 4.80. The van der Waals surface area contributed by atoms with Crippen molar-refractivity contribution in [2.75, 3.05) is 20.3 Å². The molecule has 6 heteroatoms. The number of carbonyl (C=O) groups is 2. The minimum Gasteiger partial charge on any atom is -0.453 e. The van der Waals surface area contributed by atoms with Crippen molar-refractivity contribution in [1.82, 2.24) is 4.57 Å². The molecular weight excluding hydrogens is 380 g/mol. The van der Waals surface area contributed by atoms with E-state index in [0.717, 1.165) is 28.1 Å². The summed E-state index contributed by atoms with van der Waals surface area (Å²) in [5.74, 6) is -1.11. The van der Waals surface area contributed by atoms with Crippen molar-refractivity contribution in [2.45, 2.75) is 40.7 Å². The summed E-state index contributed by atoms with van der Waals surface area (Å²) in [6, 6.07) is 9.45. The number of nitrogens with zero attached hydrogens (tertiary/aromatic N) is 2. The van der Waals surface area contributed by atoms with Crippen LogP contribution in [0.1, 0.15) is 51.4 Å². The molecule has 30 heavy (non-hydrogen) atoms. The molecule has 1 aromatic carbocycles. The van der Waals surface area contributed by atoms with Crippen molar-refractivity contribution in [3.05, 3.63) is 63.5 Å².